The van der Waals surface area contributed by atoms with Crippen LogP contribution in [0.1, 0.15) is 41.0 Å². The van der Waals surface area contributed by atoms with Gasteiger partial charge in [0, 0.05) is 6.92 Å². The minimum atomic E-state index is -0.991. The number of aliphatic hydroxyl groups excluding tert-OH is 1. The predicted molar refractivity (Wildman–Crippen MR) is 64.4 cm³/mol. The van der Waals surface area contributed by atoms with E-state index >= 15 is 0 Å². The molecule has 0 aromatic heterocycles. The third kappa shape index (κ3) is 17.5. The molecule has 1 unspecified atom stereocenters. The Morgan fingerprint density at radius 2 is 1.71 bits per heavy atom. The molecule has 0 aromatic carbocycles. The molecule has 1 N–H and O–H groups in total. The van der Waals surface area contributed by atoms with Crippen molar-refractivity contribution in [2.75, 3.05) is 13.2 Å². The van der Waals surface area contributed by atoms with Crippen molar-refractivity contribution in [1.82, 2.24) is 0 Å². The summed E-state index contributed by atoms with van der Waals surface area (Å²) in [4.78, 5) is 20.5. The second kappa shape index (κ2) is 11.4. The summed E-state index contributed by atoms with van der Waals surface area (Å²) in [6.45, 7) is 9.59. The molecule has 0 heterocycles. The lowest BCUT2D eigenvalue weighted by Gasteiger charge is -2.02. The lowest BCUT2D eigenvalue weighted by molar-refractivity contribution is -0.151. The lowest BCUT2D eigenvalue weighted by atomic mass is 10.1. The minimum Gasteiger partial charge on any atom is -0.466 e. The number of carbonyl (C=O) groups is 2. The summed E-state index contributed by atoms with van der Waals surface area (Å²) in [5, 5.41) is 8.48. The summed E-state index contributed by atoms with van der Waals surface area (Å²) < 4.78 is 9.13. The molecule has 0 aliphatic heterocycles. The maximum Gasteiger partial charge on any atom is 0.334 e. The van der Waals surface area contributed by atoms with Crippen molar-refractivity contribution >= 4 is 11.9 Å². The highest BCUT2D eigenvalue weighted by Crippen LogP contribution is 1.98. The van der Waals surface area contributed by atoms with Crippen LogP contribution >= 0.6 is 0 Å². The Morgan fingerprint density at radius 3 is 1.94 bits per heavy atom. The molecule has 0 spiro atoms. The van der Waals surface area contributed by atoms with Crippen molar-refractivity contribution in [2.24, 2.45) is 5.92 Å². The fourth-order valence-electron chi connectivity index (χ4n) is 0.701. The van der Waals surface area contributed by atoms with Crippen LogP contribution in [-0.4, -0.2) is 36.4 Å². The Bertz CT molecular complexity index is 211. The zero-order valence-corrected chi connectivity index (χ0v) is 11.4. The molecule has 0 aromatic rings. The van der Waals surface area contributed by atoms with E-state index in [4.69, 9.17) is 9.84 Å². The van der Waals surface area contributed by atoms with Crippen LogP contribution in [0.5, 0.6) is 0 Å². The van der Waals surface area contributed by atoms with E-state index in [9.17, 15) is 9.59 Å². The van der Waals surface area contributed by atoms with E-state index in [2.05, 4.69) is 18.6 Å². The van der Waals surface area contributed by atoms with Gasteiger partial charge in [0.2, 0.25) is 0 Å². The first-order valence-electron chi connectivity index (χ1n) is 5.79. The summed E-state index contributed by atoms with van der Waals surface area (Å²) >= 11 is 0. The first-order valence-corrected chi connectivity index (χ1v) is 5.79. The SMILES string of the molecule is CC(=O)OCCC(C)C.CCOC(=O)C(C)O. The van der Waals surface area contributed by atoms with Gasteiger partial charge in [-0.05, 0) is 26.2 Å². The molecule has 0 amide bonds. The molecular formula is C12H24O5. The van der Waals surface area contributed by atoms with Gasteiger partial charge in [0.15, 0.2) is 0 Å². The van der Waals surface area contributed by atoms with Gasteiger partial charge in [0.25, 0.3) is 0 Å². The fourth-order valence-corrected chi connectivity index (χ4v) is 0.701. The van der Waals surface area contributed by atoms with Gasteiger partial charge in [-0.1, -0.05) is 13.8 Å². The van der Waals surface area contributed by atoms with Crippen molar-refractivity contribution in [3.05, 3.63) is 0 Å². The van der Waals surface area contributed by atoms with Crippen molar-refractivity contribution < 1.29 is 24.2 Å². The predicted octanol–water partition coefficient (Wildman–Crippen LogP) is 1.53. The first-order chi connectivity index (χ1) is 7.81. The van der Waals surface area contributed by atoms with Crippen molar-refractivity contribution in [2.45, 2.75) is 47.1 Å². The molecule has 5 heteroatoms. The zero-order chi connectivity index (χ0) is 13.8. The van der Waals surface area contributed by atoms with Gasteiger partial charge in [0.05, 0.1) is 13.2 Å². The van der Waals surface area contributed by atoms with Crippen LogP contribution in [0.15, 0.2) is 0 Å². The topological polar surface area (TPSA) is 72.8 Å². The van der Waals surface area contributed by atoms with Crippen molar-refractivity contribution in [3.8, 4) is 0 Å². The van der Waals surface area contributed by atoms with Gasteiger partial charge in [-0.25, -0.2) is 4.79 Å². The van der Waals surface area contributed by atoms with Crippen LogP contribution < -0.4 is 0 Å². The average molecular weight is 248 g/mol. The fraction of sp³-hybridized carbons (Fsp3) is 0.833. The first kappa shape index (κ1) is 18.3. The van der Waals surface area contributed by atoms with Crippen LogP contribution in [-0.2, 0) is 19.1 Å². The molecule has 0 aliphatic carbocycles. The van der Waals surface area contributed by atoms with E-state index in [-0.39, 0.29) is 5.97 Å². The van der Waals surface area contributed by atoms with Crippen LogP contribution in [0.3, 0.4) is 0 Å². The standard InChI is InChI=1S/C7H14O2.C5H10O3/c1-6(2)4-5-9-7(3)8;1-3-8-5(7)4(2)6/h6H,4-5H2,1-3H3;4,6H,3H2,1-2H3. The van der Waals surface area contributed by atoms with E-state index in [1.807, 2.05) is 0 Å². The van der Waals surface area contributed by atoms with E-state index in [1.54, 1.807) is 6.92 Å². The Hall–Kier alpha value is -1.10. The Labute approximate surface area is 103 Å². The van der Waals surface area contributed by atoms with Gasteiger partial charge in [-0.3, -0.25) is 4.79 Å². The van der Waals surface area contributed by atoms with Gasteiger partial charge in [-0.2, -0.15) is 0 Å². The van der Waals surface area contributed by atoms with Gasteiger partial charge >= 0.3 is 11.9 Å². The van der Waals surface area contributed by atoms with Crippen LogP contribution in [0.2, 0.25) is 0 Å². The van der Waals surface area contributed by atoms with Gasteiger partial charge < -0.3 is 14.6 Å². The second-order valence-electron chi connectivity index (χ2n) is 3.95. The molecule has 5 nitrogen and oxygen atoms in total. The summed E-state index contributed by atoms with van der Waals surface area (Å²) in [5.41, 5.74) is 0. The monoisotopic (exact) mass is 248 g/mol. The number of esters is 2. The normalized spacial score (nSPS) is 11.2. The quantitative estimate of drug-likeness (QED) is 0.747. The zero-order valence-electron chi connectivity index (χ0n) is 11.4. The van der Waals surface area contributed by atoms with E-state index in [0.29, 0.717) is 19.1 Å². The maximum absolute atomic E-state index is 10.3. The highest BCUT2D eigenvalue weighted by molar-refractivity contribution is 5.73. The molecule has 17 heavy (non-hydrogen) atoms. The number of rotatable bonds is 5. The van der Waals surface area contributed by atoms with Gasteiger partial charge in [0.1, 0.15) is 6.10 Å². The molecule has 0 rings (SSSR count). The Balaban J connectivity index is 0. The number of ether oxygens (including phenoxy) is 2. The summed E-state index contributed by atoms with van der Waals surface area (Å²) in [5.74, 6) is -0.132. The van der Waals surface area contributed by atoms with Crippen LogP contribution in [0.25, 0.3) is 0 Å². The number of carbonyl (C=O) groups excluding carboxylic acids is 2. The van der Waals surface area contributed by atoms with Gasteiger partial charge in [-0.15, -0.1) is 0 Å². The van der Waals surface area contributed by atoms with Crippen LogP contribution in [0.4, 0.5) is 0 Å². The maximum atomic E-state index is 10.3. The summed E-state index contributed by atoms with van der Waals surface area (Å²) in [7, 11) is 0. The smallest absolute Gasteiger partial charge is 0.334 e. The third-order valence-electron chi connectivity index (χ3n) is 1.63. The number of hydrogen-bond acceptors (Lipinski definition) is 5. The molecule has 0 saturated heterocycles. The van der Waals surface area contributed by atoms with E-state index in [0.717, 1.165) is 6.42 Å². The lowest BCUT2D eigenvalue weighted by Crippen LogP contribution is -2.18. The van der Waals surface area contributed by atoms with E-state index in [1.165, 1.54) is 13.8 Å². The molecule has 1 atom stereocenters. The van der Waals surface area contributed by atoms with Crippen LogP contribution in [0, 0.1) is 5.92 Å². The molecule has 0 aliphatic rings. The summed E-state index contributed by atoms with van der Waals surface area (Å²) in [6.07, 6.45) is -0.0329. The minimum absolute atomic E-state index is 0.185. The molecular weight excluding hydrogens is 224 g/mol. The third-order valence-corrected chi connectivity index (χ3v) is 1.63. The Kier molecular flexibility index (Phi) is 12.2. The molecule has 0 fully saturated rings. The van der Waals surface area contributed by atoms with Crippen molar-refractivity contribution in [3.63, 3.8) is 0 Å². The largest absolute Gasteiger partial charge is 0.466 e. The molecule has 0 radical (unpaired) electrons. The second-order valence-corrected chi connectivity index (χ2v) is 3.95. The number of hydrogen-bond donors (Lipinski definition) is 1. The highest BCUT2D eigenvalue weighted by atomic mass is 16.5. The highest BCUT2D eigenvalue weighted by Gasteiger charge is 2.07. The average Bonchev–Trinajstić information content (AvgIpc) is 2.17. The summed E-state index contributed by atoms with van der Waals surface area (Å²) in [6, 6.07) is 0. The van der Waals surface area contributed by atoms with Crippen molar-refractivity contribution in [1.29, 1.82) is 0 Å². The number of aliphatic hydroxyl groups is 1. The molecule has 0 bridgehead atoms. The Morgan fingerprint density at radius 1 is 1.18 bits per heavy atom. The van der Waals surface area contributed by atoms with E-state index < -0.39 is 12.1 Å². The molecule has 0 saturated carbocycles. The molecule has 102 valence electrons.